The minimum absolute atomic E-state index is 0.317. The number of carboxylic acids is 1. The second-order valence-electron chi connectivity index (χ2n) is 5.18. The van der Waals surface area contributed by atoms with Crippen molar-refractivity contribution in [2.24, 2.45) is 7.05 Å². The molecule has 0 bridgehead atoms. The standard InChI is InChI=1S/C15H13N3O2/c1-18-12-6-8(15(19)20)2-4-10(12)11-5-3-9-7-16-17-13(9)14(11)18/h2,4,6-7H,3,5H2,1H3,(H,16,17)(H,19,20). The maximum atomic E-state index is 11.1. The summed E-state index contributed by atoms with van der Waals surface area (Å²) in [5.74, 6) is -0.897. The largest absolute Gasteiger partial charge is 0.478 e. The van der Waals surface area contributed by atoms with Crippen molar-refractivity contribution >= 4 is 16.9 Å². The van der Waals surface area contributed by atoms with E-state index in [0.717, 1.165) is 35.1 Å². The average Bonchev–Trinajstić information content (AvgIpc) is 3.02. The lowest BCUT2D eigenvalue weighted by Crippen LogP contribution is -2.04. The summed E-state index contributed by atoms with van der Waals surface area (Å²) < 4.78 is 2.05. The molecule has 1 aliphatic carbocycles. The number of rotatable bonds is 1. The number of fused-ring (bicyclic) bond motifs is 5. The molecule has 20 heavy (non-hydrogen) atoms. The fourth-order valence-electron chi connectivity index (χ4n) is 3.17. The Morgan fingerprint density at radius 2 is 2.25 bits per heavy atom. The smallest absolute Gasteiger partial charge is 0.335 e. The van der Waals surface area contributed by atoms with Gasteiger partial charge in [0.1, 0.15) is 5.69 Å². The Morgan fingerprint density at radius 3 is 3.05 bits per heavy atom. The molecule has 4 rings (SSSR count). The quantitative estimate of drug-likeness (QED) is 0.711. The Balaban J connectivity index is 2.08. The summed E-state index contributed by atoms with van der Waals surface area (Å²) >= 11 is 0. The Morgan fingerprint density at radius 1 is 1.40 bits per heavy atom. The number of nitrogens with zero attached hydrogens (tertiary/aromatic N) is 2. The molecule has 100 valence electrons. The van der Waals surface area contributed by atoms with Crippen molar-refractivity contribution in [3.8, 4) is 11.4 Å². The number of hydrogen-bond donors (Lipinski definition) is 2. The Labute approximate surface area is 114 Å². The highest BCUT2D eigenvalue weighted by atomic mass is 16.4. The highest BCUT2D eigenvalue weighted by Crippen LogP contribution is 2.38. The number of nitrogens with one attached hydrogen (secondary N) is 1. The van der Waals surface area contributed by atoms with Crippen LogP contribution in [0, 0.1) is 0 Å². The van der Waals surface area contributed by atoms with Crippen LogP contribution in [0.15, 0.2) is 24.4 Å². The van der Waals surface area contributed by atoms with Gasteiger partial charge in [-0.25, -0.2) is 4.79 Å². The highest BCUT2D eigenvalue weighted by Gasteiger charge is 2.25. The summed E-state index contributed by atoms with van der Waals surface area (Å²) in [6.45, 7) is 0. The summed E-state index contributed by atoms with van der Waals surface area (Å²) in [5.41, 5.74) is 5.84. The minimum Gasteiger partial charge on any atom is -0.478 e. The number of aromatic nitrogens is 3. The molecular formula is C15H13N3O2. The van der Waals surface area contributed by atoms with Crippen LogP contribution in [0.2, 0.25) is 0 Å². The van der Waals surface area contributed by atoms with Crippen LogP contribution >= 0.6 is 0 Å². The normalized spacial score (nSPS) is 13.2. The van der Waals surface area contributed by atoms with E-state index in [-0.39, 0.29) is 0 Å². The summed E-state index contributed by atoms with van der Waals surface area (Å²) in [4.78, 5) is 11.1. The molecule has 0 atom stereocenters. The van der Waals surface area contributed by atoms with E-state index in [1.807, 2.05) is 19.3 Å². The van der Waals surface area contributed by atoms with Gasteiger partial charge in [-0.2, -0.15) is 5.10 Å². The number of benzene rings is 1. The van der Waals surface area contributed by atoms with Gasteiger partial charge in [0.2, 0.25) is 0 Å². The third kappa shape index (κ3) is 1.32. The van der Waals surface area contributed by atoms with E-state index >= 15 is 0 Å². The molecule has 0 amide bonds. The molecule has 5 nitrogen and oxygen atoms in total. The third-order valence-corrected chi connectivity index (χ3v) is 4.14. The second-order valence-corrected chi connectivity index (χ2v) is 5.18. The van der Waals surface area contributed by atoms with Gasteiger partial charge in [-0.1, -0.05) is 6.07 Å². The SMILES string of the molecule is Cn1c2c(c3ccc(C(=O)O)cc31)CCc1c[nH]nc1-2. The average molecular weight is 267 g/mol. The zero-order valence-corrected chi connectivity index (χ0v) is 11.0. The van der Waals surface area contributed by atoms with Gasteiger partial charge >= 0.3 is 5.97 Å². The van der Waals surface area contributed by atoms with Gasteiger partial charge in [0.15, 0.2) is 0 Å². The molecule has 2 N–H and O–H groups in total. The number of hydrogen-bond acceptors (Lipinski definition) is 2. The maximum absolute atomic E-state index is 11.1. The first kappa shape index (κ1) is 11.3. The summed E-state index contributed by atoms with van der Waals surface area (Å²) in [7, 11) is 1.97. The van der Waals surface area contributed by atoms with E-state index in [1.54, 1.807) is 12.1 Å². The van der Waals surface area contributed by atoms with Crippen LogP contribution in [0.3, 0.4) is 0 Å². The van der Waals surface area contributed by atoms with Crippen molar-refractivity contribution in [1.29, 1.82) is 0 Å². The molecule has 0 saturated carbocycles. The number of aryl methyl sites for hydroxylation is 3. The number of carboxylic acid groups (broad SMARTS) is 1. The number of carbonyl (C=O) groups is 1. The number of aromatic carboxylic acids is 1. The van der Waals surface area contributed by atoms with E-state index < -0.39 is 5.97 Å². The molecule has 0 fully saturated rings. The molecule has 0 aliphatic heterocycles. The predicted octanol–water partition coefficient (Wildman–Crippen LogP) is 2.37. The molecular weight excluding hydrogens is 254 g/mol. The topological polar surface area (TPSA) is 70.9 Å². The minimum atomic E-state index is -0.897. The summed E-state index contributed by atoms with van der Waals surface area (Å²) in [5, 5.41) is 17.5. The lowest BCUT2D eigenvalue weighted by Gasteiger charge is -2.12. The van der Waals surface area contributed by atoms with Crippen molar-refractivity contribution in [2.45, 2.75) is 12.8 Å². The molecule has 0 unspecified atom stereocenters. The summed E-state index contributed by atoms with van der Waals surface area (Å²) in [6.07, 6.45) is 3.88. The van der Waals surface area contributed by atoms with Crippen molar-refractivity contribution in [1.82, 2.24) is 14.8 Å². The summed E-state index contributed by atoms with van der Waals surface area (Å²) in [6, 6.07) is 5.32. The first-order valence-corrected chi connectivity index (χ1v) is 6.54. The van der Waals surface area contributed by atoms with Gasteiger partial charge < -0.3 is 9.67 Å². The fourth-order valence-corrected chi connectivity index (χ4v) is 3.17. The van der Waals surface area contributed by atoms with Crippen molar-refractivity contribution in [2.75, 3.05) is 0 Å². The highest BCUT2D eigenvalue weighted by molar-refractivity contribution is 5.98. The molecule has 2 heterocycles. The monoisotopic (exact) mass is 267 g/mol. The van der Waals surface area contributed by atoms with Crippen molar-refractivity contribution < 1.29 is 9.90 Å². The number of aromatic amines is 1. The third-order valence-electron chi connectivity index (χ3n) is 4.14. The Kier molecular flexibility index (Phi) is 2.10. The van der Waals surface area contributed by atoms with Crippen LogP contribution in [0.25, 0.3) is 22.3 Å². The molecule has 1 aliphatic rings. The first-order chi connectivity index (χ1) is 9.66. The molecule has 2 aromatic heterocycles. The zero-order chi connectivity index (χ0) is 13.9. The van der Waals surface area contributed by atoms with E-state index in [4.69, 9.17) is 5.11 Å². The lowest BCUT2D eigenvalue weighted by atomic mass is 9.94. The maximum Gasteiger partial charge on any atom is 0.335 e. The van der Waals surface area contributed by atoms with Crippen LogP contribution < -0.4 is 0 Å². The first-order valence-electron chi connectivity index (χ1n) is 6.54. The molecule has 3 aromatic rings. The van der Waals surface area contributed by atoms with Gasteiger partial charge in [-0.05, 0) is 36.1 Å². The molecule has 0 spiro atoms. The lowest BCUT2D eigenvalue weighted by molar-refractivity contribution is 0.0697. The molecule has 0 radical (unpaired) electrons. The molecule has 1 aromatic carbocycles. The number of H-pyrrole nitrogens is 1. The van der Waals surface area contributed by atoms with E-state index in [1.165, 1.54) is 11.1 Å². The van der Waals surface area contributed by atoms with Gasteiger partial charge in [0, 0.05) is 24.1 Å². The van der Waals surface area contributed by atoms with Crippen LogP contribution in [0.5, 0.6) is 0 Å². The fraction of sp³-hybridized carbons (Fsp3) is 0.200. The van der Waals surface area contributed by atoms with Gasteiger partial charge in [-0.3, -0.25) is 5.10 Å². The Bertz CT molecular complexity index is 858. The van der Waals surface area contributed by atoms with Crippen LogP contribution in [0.1, 0.15) is 21.5 Å². The van der Waals surface area contributed by atoms with Crippen molar-refractivity contribution in [3.05, 3.63) is 41.1 Å². The van der Waals surface area contributed by atoms with Gasteiger partial charge in [-0.15, -0.1) is 0 Å². The molecule has 5 heteroatoms. The van der Waals surface area contributed by atoms with Crippen LogP contribution in [-0.2, 0) is 19.9 Å². The van der Waals surface area contributed by atoms with E-state index in [0.29, 0.717) is 5.56 Å². The predicted molar refractivity (Wildman–Crippen MR) is 74.9 cm³/mol. The second kappa shape index (κ2) is 3.72. The Hall–Kier alpha value is -2.56. The van der Waals surface area contributed by atoms with Crippen molar-refractivity contribution in [3.63, 3.8) is 0 Å². The van der Waals surface area contributed by atoms with Crippen LogP contribution in [-0.4, -0.2) is 25.8 Å². The van der Waals surface area contributed by atoms with E-state index in [9.17, 15) is 4.79 Å². The van der Waals surface area contributed by atoms with Gasteiger partial charge in [0.05, 0.1) is 11.3 Å². The van der Waals surface area contributed by atoms with E-state index in [2.05, 4.69) is 14.8 Å². The molecule has 0 saturated heterocycles. The van der Waals surface area contributed by atoms with Gasteiger partial charge in [0.25, 0.3) is 0 Å². The zero-order valence-electron chi connectivity index (χ0n) is 11.0. The van der Waals surface area contributed by atoms with Crippen LogP contribution in [0.4, 0.5) is 0 Å².